The lowest BCUT2D eigenvalue weighted by Gasteiger charge is -2.12. The van der Waals surface area contributed by atoms with E-state index in [9.17, 15) is 19.4 Å². The maximum atomic E-state index is 13.0. The molecule has 0 bridgehead atoms. The van der Waals surface area contributed by atoms with E-state index in [0.717, 1.165) is 5.52 Å². The number of aromatic hydroxyl groups is 1. The second kappa shape index (κ2) is 7.12. The number of aliphatic hydroxyl groups excluding tert-OH is 1. The van der Waals surface area contributed by atoms with Crippen molar-refractivity contribution >= 4 is 16.8 Å². The third-order valence-corrected chi connectivity index (χ3v) is 4.24. The molecule has 2 heterocycles. The summed E-state index contributed by atoms with van der Waals surface area (Å²) in [5, 5.41) is 26.5. The summed E-state index contributed by atoms with van der Waals surface area (Å²) in [7, 11) is 0. The molecule has 1 atom stereocenters. The van der Waals surface area contributed by atoms with Gasteiger partial charge in [-0.25, -0.2) is 4.39 Å². The Morgan fingerprint density at radius 2 is 2.04 bits per heavy atom. The number of amides is 1. The van der Waals surface area contributed by atoms with Crippen molar-refractivity contribution in [1.29, 1.82) is 0 Å². The van der Waals surface area contributed by atoms with E-state index >= 15 is 0 Å². The number of hydrogen-bond acceptors (Lipinski definition) is 6. The first-order chi connectivity index (χ1) is 13.5. The number of hydrogen-bond donors (Lipinski definition) is 4. The fourth-order valence-corrected chi connectivity index (χ4v) is 2.81. The Kier molecular flexibility index (Phi) is 4.50. The molecule has 0 radical (unpaired) electrons. The molecule has 0 aliphatic carbocycles. The van der Waals surface area contributed by atoms with Crippen molar-refractivity contribution in [3.8, 4) is 17.1 Å². The third kappa shape index (κ3) is 3.30. The van der Waals surface area contributed by atoms with Crippen molar-refractivity contribution in [1.82, 2.24) is 20.4 Å². The molecule has 9 heteroatoms. The number of aromatic amines is 1. The fraction of sp³-hybridized carbons (Fsp3) is 0.105. The lowest BCUT2D eigenvalue weighted by molar-refractivity contribution is 0.0901. The van der Waals surface area contributed by atoms with E-state index in [0.29, 0.717) is 10.9 Å². The number of nitrogens with one attached hydrogen (secondary N) is 2. The largest absolute Gasteiger partial charge is 0.508 e. The highest BCUT2D eigenvalue weighted by atomic mass is 19.1. The molecule has 142 valence electrons. The first kappa shape index (κ1) is 17.7. The number of rotatable bonds is 5. The smallest absolute Gasteiger partial charge is 0.251 e. The van der Waals surface area contributed by atoms with Crippen molar-refractivity contribution < 1.29 is 23.9 Å². The number of H-pyrrole nitrogens is 1. The number of fused-ring (bicyclic) bond motifs is 1. The molecule has 0 saturated heterocycles. The van der Waals surface area contributed by atoms with E-state index in [-0.39, 0.29) is 23.0 Å². The lowest BCUT2D eigenvalue weighted by atomic mass is 10.1. The summed E-state index contributed by atoms with van der Waals surface area (Å²) in [5.41, 5.74) is 1.61. The Hall–Kier alpha value is -3.72. The molecule has 4 rings (SSSR count). The van der Waals surface area contributed by atoms with Gasteiger partial charge in [-0.2, -0.15) is 4.98 Å². The number of phenolic OH excluding ortho intramolecular Hbond substituents is 1. The molecule has 2 aromatic carbocycles. The standard InChI is InChI=1S/C19H15FN4O4/c20-11-3-1-10(2-4-11)18(27)22-16(9-25)19-23-17(24-28-19)14-8-21-15-6-5-12(26)7-13(14)15/h1-8,16,21,25-26H,9H2,(H,22,27)/t16-/m0/s1. The van der Waals surface area contributed by atoms with Crippen LogP contribution in [0.25, 0.3) is 22.3 Å². The van der Waals surface area contributed by atoms with Crippen molar-refractivity contribution in [3.63, 3.8) is 0 Å². The van der Waals surface area contributed by atoms with E-state index in [1.807, 2.05) is 0 Å². The Morgan fingerprint density at radius 3 is 2.79 bits per heavy atom. The minimum Gasteiger partial charge on any atom is -0.508 e. The van der Waals surface area contributed by atoms with E-state index in [2.05, 4.69) is 20.4 Å². The highest BCUT2D eigenvalue weighted by Crippen LogP contribution is 2.29. The number of carbonyl (C=O) groups excluding carboxylic acids is 1. The first-order valence-electron chi connectivity index (χ1n) is 8.36. The highest BCUT2D eigenvalue weighted by molar-refractivity contribution is 5.95. The number of aromatic nitrogens is 3. The minimum atomic E-state index is -0.933. The van der Waals surface area contributed by atoms with Gasteiger partial charge >= 0.3 is 0 Å². The van der Waals surface area contributed by atoms with Gasteiger partial charge in [-0.1, -0.05) is 5.16 Å². The van der Waals surface area contributed by atoms with Gasteiger partial charge in [0.15, 0.2) is 0 Å². The summed E-state index contributed by atoms with van der Waals surface area (Å²) in [6, 6.07) is 8.90. The molecule has 2 aromatic heterocycles. The van der Waals surface area contributed by atoms with Crippen molar-refractivity contribution in [2.75, 3.05) is 6.61 Å². The molecule has 0 aliphatic rings. The number of aliphatic hydroxyl groups is 1. The summed E-state index contributed by atoms with van der Waals surface area (Å²) in [5.74, 6) is -0.627. The minimum absolute atomic E-state index is 0.0162. The average Bonchev–Trinajstić information content (AvgIpc) is 3.33. The van der Waals surface area contributed by atoms with Crippen molar-refractivity contribution in [2.24, 2.45) is 0 Å². The van der Waals surface area contributed by atoms with Gasteiger partial charge in [0, 0.05) is 28.2 Å². The number of phenols is 1. The van der Waals surface area contributed by atoms with Gasteiger partial charge in [0.1, 0.15) is 17.6 Å². The van der Waals surface area contributed by atoms with Crippen molar-refractivity contribution in [3.05, 3.63) is 65.9 Å². The molecule has 28 heavy (non-hydrogen) atoms. The van der Waals surface area contributed by atoms with Crippen LogP contribution < -0.4 is 5.32 Å². The molecule has 0 aliphatic heterocycles. The van der Waals surface area contributed by atoms with Crippen LogP contribution in [0.1, 0.15) is 22.3 Å². The van der Waals surface area contributed by atoms with Crippen molar-refractivity contribution in [2.45, 2.75) is 6.04 Å². The number of halogens is 1. The number of nitrogens with zero attached hydrogens (tertiary/aromatic N) is 2. The van der Waals surface area contributed by atoms with Gasteiger partial charge in [0.2, 0.25) is 5.82 Å². The summed E-state index contributed by atoms with van der Waals surface area (Å²) in [6.07, 6.45) is 1.67. The predicted molar refractivity (Wildman–Crippen MR) is 96.9 cm³/mol. The molecule has 8 nitrogen and oxygen atoms in total. The first-order valence-corrected chi connectivity index (χ1v) is 8.36. The number of carbonyl (C=O) groups is 1. The van der Waals surface area contributed by atoms with Gasteiger partial charge in [-0.05, 0) is 42.5 Å². The average molecular weight is 382 g/mol. The molecule has 0 unspecified atom stereocenters. The molecule has 0 saturated carbocycles. The molecular formula is C19H15FN4O4. The third-order valence-electron chi connectivity index (χ3n) is 4.24. The molecule has 4 aromatic rings. The highest BCUT2D eigenvalue weighted by Gasteiger charge is 2.22. The fourth-order valence-electron chi connectivity index (χ4n) is 2.81. The molecular weight excluding hydrogens is 367 g/mol. The maximum Gasteiger partial charge on any atom is 0.251 e. The predicted octanol–water partition coefficient (Wildman–Crippen LogP) is 2.53. The summed E-state index contributed by atoms with van der Waals surface area (Å²) < 4.78 is 18.2. The second-order valence-corrected chi connectivity index (χ2v) is 6.10. The van der Waals surface area contributed by atoms with Gasteiger partial charge in [-0.3, -0.25) is 4.79 Å². The van der Waals surface area contributed by atoms with Gasteiger partial charge in [0.25, 0.3) is 11.8 Å². The molecule has 0 fully saturated rings. The van der Waals surface area contributed by atoms with E-state index in [1.165, 1.54) is 24.3 Å². The van der Waals surface area contributed by atoms with E-state index in [4.69, 9.17) is 4.52 Å². The topological polar surface area (TPSA) is 124 Å². The Morgan fingerprint density at radius 1 is 1.25 bits per heavy atom. The van der Waals surface area contributed by atoms with Gasteiger partial charge in [0.05, 0.1) is 6.61 Å². The SMILES string of the molecule is O=C(N[C@@H](CO)c1nc(-c2c[nH]c3ccc(O)cc23)no1)c1ccc(F)cc1. The monoisotopic (exact) mass is 382 g/mol. The van der Waals surface area contributed by atoms with Crippen LogP contribution in [0.3, 0.4) is 0 Å². The van der Waals surface area contributed by atoms with Crippen LogP contribution in [0.4, 0.5) is 4.39 Å². The Balaban J connectivity index is 1.58. The zero-order valence-corrected chi connectivity index (χ0v) is 14.4. The zero-order chi connectivity index (χ0) is 19.7. The van der Waals surface area contributed by atoms with Crippen LogP contribution in [0.5, 0.6) is 5.75 Å². The normalized spacial score (nSPS) is 12.2. The molecule has 4 N–H and O–H groups in total. The van der Waals surface area contributed by atoms with E-state index in [1.54, 1.807) is 24.4 Å². The number of benzene rings is 2. The zero-order valence-electron chi connectivity index (χ0n) is 14.4. The van der Waals surface area contributed by atoms with Gasteiger partial charge < -0.3 is 25.0 Å². The van der Waals surface area contributed by atoms with Crippen LogP contribution in [-0.4, -0.2) is 37.9 Å². The van der Waals surface area contributed by atoms with E-state index < -0.39 is 24.4 Å². The summed E-state index contributed by atoms with van der Waals surface area (Å²) >= 11 is 0. The summed E-state index contributed by atoms with van der Waals surface area (Å²) in [6.45, 7) is -0.469. The lowest BCUT2D eigenvalue weighted by Crippen LogP contribution is -2.31. The summed E-state index contributed by atoms with van der Waals surface area (Å²) in [4.78, 5) is 19.6. The van der Waals surface area contributed by atoms with Crippen LogP contribution in [0, 0.1) is 5.82 Å². The van der Waals surface area contributed by atoms with Crippen LogP contribution in [0.15, 0.2) is 53.2 Å². The van der Waals surface area contributed by atoms with Crippen LogP contribution >= 0.6 is 0 Å². The second-order valence-electron chi connectivity index (χ2n) is 6.10. The van der Waals surface area contributed by atoms with Crippen LogP contribution in [0.2, 0.25) is 0 Å². The Bertz CT molecular complexity index is 1140. The Labute approximate surface area is 157 Å². The maximum absolute atomic E-state index is 13.0. The quantitative estimate of drug-likeness (QED) is 0.420. The molecule has 0 spiro atoms. The van der Waals surface area contributed by atoms with Gasteiger partial charge in [-0.15, -0.1) is 0 Å². The van der Waals surface area contributed by atoms with Crippen LogP contribution in [-0.2, 0) is 0 Å². The molecule has 1 amide bonds.